The standard InChI is InChI=1S/C24H32N4O3/c1-18-5-2-6-21(27-18)16-26-24(25-11-3-12-29-17-19-7-8-19)28-20-9-10-22-23(15-20)31-14-4-13-30-22/h2,5-6,9-10,15,19H,3-4,7-8,11-14,16-17H2,1H3,(H2,25,26,28). The molecular formula is C24H32N4O3. The van der Waals surface area contributed by atoms with E-state index in [2.05, 4.69) is 15.6 Å². The molecule has 31 heavy (non-hydrogen) atoms. The first-order valence-corrected chi connectivity index (χ1v) is 11.2. The van der Waals surface area contributed by atoms with Crippen LogP contribution in [0.5, 0.6) is 11.5 Å². The van der Waals surface area contributed by atoms with E-state index in [0.29, 0.717) is 25.7 Å². The fraction of sp³-hybridized carbons (Fsp3) is 0.500. The maximum Gasteiger partial charge on any atom is 0.196 e. The van der Waals surface area contributed by atoms with Gasteiger partial charge >= 0.3 is 0 Å². The molecule has 7 nitrogen and oxygen atoms in total. The number of pyridine rings is 1. The Hall–Kier alpha value is -2.80. The Morgan fingerprint density at radius 3 is 2.87 bits per heavy atom. The molecule has 0 radical (unpaired) electrons. The average Bonchev–Trinajstić information content (AvgIpc) is 3.61. The van der Waals surface area contributed by atoms with Gasteiger partial charge in [0.05, 0.1) is 25.5 Å². The topological polar surface area (TPSA) is 77.0 Å². The molecule has 1 aliphatic heterocycles. The van der Waals surface area contributed by atoms with E-state index in [-0.39, 0.29) is 0 Å². The van der Waals surface area contributed by atoms with Crippen molar-refractivity contribution in [2.24, 2.45) is 10.9 Å². The lowest BCUT2D eigenvalue weighted by Gasteiger charge is -2.15. The maximum atomic E-state index is 5.81. The minimum absolute atomic E-state index is 0.500. The molecular weight excluding hydrogens is 392 g/mol. The highest BCUT2D eigenvalue weighted by Crippen LogP contribution is 2.32. The van der Waals surface area contributed by atoms with Gasteiger partial charge in [-0.05, 0) is 56.4 Å². The summed E-state index contributed by atoms with van der Waals surface area (Å²) in [7, 11) is 0. The molecule has 0 amide bonds. The number of ether oxygens (including phenoxy) is 3. The fourth-order valence-corrected chi connectivity index (χ4v) is 3.28. The number of rotatable bonds is 9. The first-order valence-electron chi connectivity index (χ1n) is 11.2. The van der Waals surface area contributed by atoms with Crippen molar-refractivity contribution in [2.45, 2.75) is 39.2 Å². The zero-order valence-corrected chi connectivity index (χ0v) is 18.2. The van der Waals surface area contributed by atoms with Gasteiger partial charge in [-0.25, -0.2) is 4.99 Å². The van der Waals surface area contributed by atoms with E-state index in [9.17, 15) is 0 Å². The average molecular weight is 425 g/mol. The molecule has 4 rings (SSSR count). The van der Waals surface area contributed by atoms with Crippen LogP contribution in [0.15, 0.2) is 41.4 Å². The van der Waals surface area contributed by atoms with Crippen LogP contribution in [0.1, 0.15) is 37.1 Å². The molecule has 2 heterocycles. The van der Waals surface area contributed by atoms with Gasteiger partial charge in [0, 0.05) is 43.6 Å². The molecule has 2 aromatic rings. The van der Waals surface area contributed by atoms with Gasteiger partial charge in [0.15, 0.2) is 17.5 Å². The highest BCUT2D eigenvalue weighted by atomic mass is 16.5. The number of guanidine groups is 1. The minimum atomic E-state index is 0.500. The number of aryl methyl sites for hydroxylation is 1. The number of nitrogens with one attached hydrogen (secondary N) is 2. The molecule has 7 heteroatoms. The zero-order valence-electron chi connectivity index (χ0n) is 18.2. The second kappa shape index (κ2) is 11.0. The molecule has 1 aromatic carbocycles. The molecule has 0 bridgehead atoms. The normalized spacial score (nSPS) is 16.0. The molecule has 2 aliphatic rings. The minimum Gasteiger partial charge on any atom is -0.490 e. The van der Waals surface area contributed by atoms with E-state index in [0.717, 1.165) is 67.1 Å². The van der Waals surface area contributed by atoms with Gasteiger partial charge in [0.1, 0.15) is 0 Å². The highest BCUT2D eigenvalue weighted by molar-refractivity contribution is 5.93. The molecule has 1 saturated carbocycles. The van der Waals surface area contributed by atoms with E-state index in [1.54, 1.807) is 0 Å². The number of nitrogens with zero attached hydrogens (tertiary/aromatic N) is 2. The Bertz CT molecular complexity index is 883. The number of hydrogen-bond donors (Lipinski definition) is 2. The van der Waals surface area contributed by atoms with Crippen molar-refractivity contribution in [1.82, 2.24) is 10.3 Å². The first-order chi connectivity index (χ1) is 15.3. The highest BCUT2D eigenvalue weighted by Gasteiger charge is 2.20. The van der Waals surface area contributed by atoms with Crippen LogP contribution in [0, 0.1) is 12.8 Å². The summed E-state index contributed by atoms with van der Waals surface area (Å²) < 4.78 is 17.3. The summed E-state index contributed by atoms with van der Waals surface area (Å²) in [5.74, 6) is 3.05. The second-order valence-corrected chi connectivity index (χ2v) is 8.07. The third-order valence-corrected chi connectivity index (χ3v) is 5.16. The van der Waals surface area contributed by atoms with Gasteiger partial charge in [0.25, 0.3) is 0 Å². The van der Waals surface area contributed by atoms with Crippen molar-refractivity contribution in [3.05, 3.63) is 47.8 Å². The molecule has 0 saturated heterocycles. The van der Waals surface area contributed by atoms with Crippen LogP contribution in [0.25, 0.3) is 0 Å². The second-order valence-electron chi connectivity index (χ2n) is 8.07. The van der Waals surface area contributed by atoms with Crippen molar-refractivity contribution in [2.75, 3.05) is 38.3 Å². The quantitative estimate of drug-likeness (QED) is 0.361. The van der Waals surface area contributed by atoms with Crippen LogP contribution in [0.2, 0.25) is 0 Å². The molecule has 1 aliphatic carbocycles. The number of anilines is 1. The number of hydrogen-bond acceptors (Lipinski definition) is 5. The van der Waals surface area contributed by atoms with Crippen LogP contribution >= 0.6 is 0 Å². The van der Waals surface area contributed by atoms with Crippen molar-refractivity contribution in [3.63, 3.8) is 0 Å². The van der Waals surface area contributed by atoms with Crippen LogP contribution < -0.4 is 20.1 Å². The Kier molecular flexibility index (Phi) is 7.60. The summed E-state index contributed by atoms with van der Waals surface area (Å²) in [6.07, 6.45) is 4.46. The van der Waals surface area contributed by atoms with E-state index in [1.165, 1.54) is 12.8 Å². The summed E-state index contributed by atoms with van der Waals surface area (Å²) in [6, 6.07) is 11.9. The van der Waals surface area contributed by atoms with Gasteiger partial charge in [-0.1, -0.05) is 6.07 Å². The van der Waals surface area contributed by atoms with Gasteiger partial charge in [-0.3, -0.25) is 4.98 Å². The number of benzene rings is 1. The van der Waals surface area contributed by atoms with Crippen molar-refractivity contribution in [3.8, 4) is 11.5 Å². The van der Waals surface area contributed by atoms with E-state index < -0.39 is 0 Å². The smallest absolute Gasteiger partial charge is 0.196 e. The van der Waals surface area contributed by atoms with Crippen molar-refractivity contribution < 1.29 is 14.2 Å². The van der Waals surface area contributed by atoms with Crippen molar-refractivity contribution in [1.29, 1.82) is 0 Å². The lowest BCUT2D eigenvalue weighted by Crippen LogP contribution is -2.32. The summed E-state index contributed by atoms with van der Waals surface area (Å²) >= 11 is 0. The number of aliphatic imine (C=N–C) groups is 1. The molecule has 166 valence electrons. The third-order valence-electron chi connectivity index (χ3n) is 5.16. The molecule has 1 aromatic heterocycles. The number of aromatic nitrogens is 1. The van der Waals surface area contributed by atoms with Gasteiger partial charge in [0.2, 0.25) is 0 Å². The van der Waals surface area contributed by atoms with Crippen LogP contribution in [-0.2, 0) is 11.3 Å². The molecule has 0 atom stereocenters. The Morgan fingerprint density at radius 1 is 1.16 bits per heavy atom. The van der Waals surface area contributed by atoms with Crippen LogP contribution in [-0.4, -0.2) is 43.9 Å². The largest absolute Gasteiger partial charge is 0.490 e. The summed E-state index contributed by atoms with van der Waals surface area (Å²) in [6.45, 7) is 6.28. The Morgan fingerprint density at radius 2 is 2.03 bits per heavy atom. The number of fused-ring (bicyclic) bond motifs is 1. The zero-order chi connectivity index (χ0) is 21.3. The molecule has 2 N–H and O–H groups in total. The lowest BCUT2D eigenvalue weighted by atomic mass is 10.2. The SMILES string of the molecule is Cc1cccc(CN=C(NCCCOCC2CC2)Nc2ccc3c(c2)OCCCO3)n1. The summed E-state index contributed by atoms with van der Waals surface area (Å²) in [4.78, 5) is 9.28. The predicted molar refractivity (Wildman–Crippen MR) is 122 cm³/mol. The summed E-state index contributed by atoms with van der Waals surface area (Å²) in [5, 5.41) is 6.80. The van der Waals surface area contributed by atoms with E-state index in [1.807, 2.05) is 43.3 Å². The maximum absolute atomic E-state index is 5.81. The third kappa shape index (κ3) is 7.14. The van der Waals surface area contributed by atoms with E-state index in [4.69, 9.17) is 19.2 Å². The molecule has 1 fully saturated rings. The Balaban J connectivity index is 1.37. The first kappa shape index (κ1) is 21.4. The molecule has 0 unspecified atom stereocenters. The lowest BCUT2D eigenvalue weighted by molar-refractivity contribution is 0.123. The van der Waals surface area contributed by atoms with E-state index >= 15 is 0 Å². The monoisotopic (exact) mass is 424 g/mol. The van der Waals surface area contributed by atoms with Crippen molar-refractivity contribution >= 4 is 11.6 Å². The molecule has 0 spiro atoms. The van der Waals surface area contributed by atoms with Gasteiger partial charge in [-0.2, -0.15) is 0 Å². The van der Waals surface area contributed by atoms with Crippen LogP contribution in [0.4, 0.5) is 5.69 Å². The predicted octanol–water partition coefficient (Wildman–Crippen LogP) is 3.93. The van der Waals surface area contributed by atoms with Gasteiger partial charge in [-0.15, -0.1) is 0 Å². The van der Waals surface area contributed by atoms with Crippen LogP contribution in [0.3, 0.4) is 0 Å². The summed E-state index contributed by atoms with van der Waals surface area (Å²) in [5.41, 5.74) is 2.83. The fourth-order valence-electron chi connectivity index (χ4n) is 3.28. The Labute approximate surface area is 184 Å². The van der Waals surface area contributed by atoms with Gasteiger partial charge < -0.3 is 24.8 Å².